The van der Waals surface area contributed by atoms with Crippen LogP contribution >= 0.6 is 0 Å². The molecule has 0 aromatic heterocycles. The second-order valence-corrected chi connectivity index (χ2v) is 2.32. The summed E-state index contributed by atoms with van der Waals surface area (Å²) in [7, 11) is 0. The van der Waals surface area contributed by atoms with Crippen molar-refractivity contribution in [2.45, 2.75) is 13.3 Å². The van der Waals surface area contributed by atoms with E-state index in [4.69, 9.17) is 0 Å². The van der Waals surface area contributed by atoms with Crippen LogP contribution in [0.15, 0.2) is 35.5 Å². The van der Waals surface area contributed by atoms with Crippen molar-refractivity contribution in [2.24, 2.45) is 0 Å². The summed E-state index contributed by atoms with van der Waals surface area (Å²) in [6.45, 7) is 1.95. The lowest BCUT2D eigenvalue weighted by Crippen LogP contribution is -1.85. The lowest BCUT2D eigenvalue weighted by atomic mass is 10.1. The first-order valence-corrected chi connectivity index (χ1v) is 3.32. The monoisotopic (exact) mass is 134 g/mol. The summed E-state index contributed by atoms with van der Waals surface area (Å²) in [6.07, 6.45) is 9.54. The number of carbonyl (C=O) groups excluding carboxylic acids is 1. The number of carbonyl (C=O) groups is 1. The summed E-state index contributed by atoms with van der Waals surface area (Å²) in [5, 5.41) is 0. The van der Waals surface area contributed by atoms with Crippen LogP contribution in [0.5, 0.6) is 0 Å². The van der Waals surface area contributed by atoms with Crippen molar-refractivity contribution >= 4 is 6.29 Å². The molecule has 0 heterocycles. The SMILES string of the molecule is CC1=C(C=O)CC=CC=C1. The molecule has 1 nitrogen and oxygen atoms in total. The molecule has 1 heteroatoms. The predicted molar refractivity (Wildman–Crippen MR) is 41.7 cm³/mol. The average molecular weight is 134 g/mol. The van der Waals surface area contributed by atoms with E-state index in [-0.39, 0.29) is 0 Å². The van der Waals surface area contributed by atoms with Crippen LogP contribution in [0.2, 0.25) is 0 Å². The van der Waals surface area contributed by atoms with Gasteiger partial charge in [-0.05, 0) is 24.5 Å². The molecular formula is C9H10O. The Hall–Kier alpha value is -1.11. The van der Waals surface area contributed by atoms with E-state index in [9.17, 15) is 4.79 Å². The van der Waals surface area contributed by atoms with Crippen LogP contribution in [0.4, 0.5) is 0 Å². The van der Waals surface area contributed by atoms with Crippen molar-refractivity contribution in [2.75, 3.05) is 0 Å². The Morgan fingerprint density at radius 1 is 1.50 bits per heavy atom. The van der Waals surface area contributed by atoms with E-state index < -0.39 is 0 Å². The molecule has 1 aliphatic carbocycles. The molecule has 0 saturated carbocycles. The molecule has 0 N–H and O–H groups in total. The molecule has 0 bridgehead atoms. The summed E-state index contributed by atoms with van der Waals surface area (Å²) in [4.78, 5) is 10.4. The third-order valence-corrected chi connectivity index (χ3v) is 1.58. The van der Waals surface area contributed by atoms with E-state index in [0.717, 1.165) is 23.9 Å². The molecule has 0 unspecified atom stereocenters. The summed E-state index contributed by atoms with van der Waals surface area (Å²) in [5.41, 5.74) is 1.95. The highest BCUT2D eigenvalue weighted by Crippen LogP contribution is 2.11. The zero-order valence-corrected chi connectivity index (χ0v) is 6.00. The Morgan fingerprint density at radius 2 is 2.30 bits per heavy atom. The average Bonchev–Trinajstić information content (AvgIpc) is 2.13. The molecular weight excluding hydrogens is 124 g/mol. The minimum absolute atomic E-state index is 0.766. The van der Waals surface area contributed by atoms with Crippen LogP contribution in [-0.2, 0) is 4.79 Å². The molecule has 0 atom stereocenters. The van der Waals surface area contributed by atoms with Gasteiger partial charge in [0.15, 0.2) is 0 Å². The van der Waals surface area contributed by atoms with Crippen LogP contribution in [-0.4, -0.2) is 6.29 Å². The molecule has 10 heavy (non-hydrogen) atoms. The van der Waals surface area contributed by atoms with E-state index >= 15 is 0 Å². The van der Waals surface area contributed by atoms with Crippen LogP contribution < -0.4 is 0 Å². The van der Waals surface area contributed by atoms with Crippen molar-refractivity contribution in [3.63, 3.8) is 0 Å². The minimum Gasteiger partial charge on any atom is -0.298 e. The smallest absolute Gasteiger partial charge is 0.146 e. The summed E-state index contributed by atoms with van der Waals surface area (Å²) < 4.78 is 0. The number of rotatable bonds is 1. The number of hydrogen-bond donors (Lipinski definition) is 0. The first-order valence-electron chi connectivity index (χ1n) is 3.32. The van der Waals surface area contributed by atoms with Gasteiger partial charge in [0.25, 0.3) is 0 Å². The largest absolute Gasteiger partial charge is 0.298 e. The van der Waals surface area contributed by atoms with Crippen molar-refractivity contribution in [1.82, 2.24) is 0 Å². The number of hydrogen-bond acceptors (Lipinski definition) is 1. The van der Waals surface area contributed by atoms with Crippen molar-refractivity contribution in [3.8, 4) is 0 Å². The van der Waals surface area contributed by atoms with Gasteiger partial charge in [-0.2, -0.15) is 0 Å². The fourth-order valence-corrected chi connectivity index (χ4v) is 0.883. The summed E-state index contributed by atoms with van der Waals surface area (Å²) in [6, 6.07) is 0. The lowest BCUT2D eigenvalue weighted by molar-refractivity contribution is -0.105. The molecule has 0 aromatic rings. The van der Waals surface area contributed by atoms with Gasteiger partial charge < -0.3 is 0 Å². The fourth-order valence-electron chi connectivity index (χ4n) is 0.883. The van der Waals surface area contributed by atoms with E-state index in [1.165, 1.54) is 0 Å². The normalized spacial score (nSPS) is 17.3. The highest BCUT2D eigenvalue weighted by Gasteiger charge is 1.97. The first-order chi connectivity index (χ1) is 4.84. The van der Waals surface area contributed by atoms with Gasteiger partial charge in [-0.25, -0.2) is 0 Å². The molecule has 0 saturated heterocycles. The lowest BCUT2D eigenvalue weighted by Gasteiger charge is -1.94. The van der Waals surface area contributed by atoms with Gasteiger partial charge in [0.1, 0.15) is 6.29 Å². The van der Waals surface area contributed by atoms with Gasteiger partial charge in [-0.3, -0.25) is 4.79 Å². The van der Waals surface area contributed by atoms with Crippen LogP contribution in [0, 0.1) is 0 Å². The standard InChI is InChI=1S/C9H10O/c1-8-5-3-2-4-6-9(8)7-10/h2-5,7H,6H2,1H3. The predicted octanol–water partition coefficient (Wildman–Crippen LogP) is 2.02. The Bertz CT molecular complexity index is 219. The third-order valence-electron chi connectivity index (χ3n) is 1.58. The minimum atomic E-state index is 0.766. The highest BCUT2D eigenvalue weighted by molar-refractivity contribution is 5.76. The molecule has 1 rings (SSSR count). The van der Waals surface area contributed by atoms with Gasteiger partial charge in [-0.15, -0.1) is 0 Å². The zero-order valence-electron chi connectivity index (χ0n) is 6.00. The Labute approximate surface area is 60.7 Å². The van der Waals surface area contributed by atoms with Crippen molar-refractivity contribution in [1.29, 1.82) is 0 Å². The third kappa shape index (κ3) is 1.44. The Morgan fingerprint density at radius 3 is 3.00 bits per heavy atom. The Kier molecular flexibility index (Phi) is 2.21. The van der Waals surface area contributed by atoms with Crippen molar-refractivity contribution in [3.05, 3.63) is 35.5 Å². The van der Waals surface area contributed by atoms with Crippen molar-refractivity contribution < 1.29 is 4.79 Å². The maximum Gasteiger partial charge on any atom is 0.146 e. The van der Waals surface area contributed by atoms with Crippen LogP contribution in [0.25, 0.3) is 0 Å². The fraction of sp³-hybridized carbons (Fsp3) is 0.222. The quantitative estimate of drug-likeness (QED) is 0.501. The Balaban J connectivity index is 2.92. The molecule has 0 spiro atoms. The molecule has 52 valence electrons. The molecule has 0 aliphatic heterocycles. The van der Waals surface area contributed by atoms with E-state index in [1.54, 1.807) is 0 Å². The van der Waals surface area contributed by atoms with Crippen LogP contribution in [0.3, 0.4) is 0 Å². The second kappa shape index (κ2) is 3.16. The van der Waals surface area contributed by atoms with E-state index in [1.807, 2.05) is 31.2 Å². The molecule has 1 aliphatic rings. The second-order valence-electron chi connectivity index (χ2n) is 2.32. The van der Waals surface area contributed by atoms with Crippen LogP contribution in [0.1, 0.15) is 13.3 Å². The summed E-state index contributed by atoms with van der Waals surface area (Å²) >= 11 is 0. The first kappa shape index (κ1) is 7.00. The van der Waals surface area contributed by atoms with Gasteiger partial charge in [0, 0.05) is 0 Å². The van der Waals surface area contributed by atoms with E-state index in [2.05, 4.69) is 0 Å². The maximum absolute atomic E-state index is 10.4. The number of aldehydes is 1. The van der Waals surface area contributed by atoms with Gasteiger partial charge in [-0.1, -0.05) is 24.3 Å². The number of allylic oxidation sites excluding steroid dienone is 6. The maximum atomic E-state index is 10.4. The zero-order chi connectivity index (χ0) is 7.40. The van der Waals surface area contributed by atoms with Gasteiger partial charge in [0.2, 0.25) is 0 Å². The molecule has 0 amide bonds. The van der Waals surface area contributed by atoms with Gasteiger partial charge in [0.05, 0.1) is 0 Å². The topological polar surface area (TPSA) is 17.1 Å². The van der Waals surface area contributed by atoms with E-state index in [0.29, 0.717) is 0 Å². The molecule has 0 aromatic carbocycles. The highest BCUT2D eigenvalue weighted by atomic mass is 16.1. The van der Waals surface area contributed by atoms with Gasteiger partial charge >= 0.3 is 0 Å². The molecule has 0 radical (unpaired) electrons. The molecule has 0 fully saturated rings. The summed E-state index contributed by atoms with van der Waals surface area (Å²) in [5.74, 6) is 0.